The van der Waals surface area contributed by atoms with Crippen molar-refractivity contribution in [3.05, 3.63) is 17.9 Å². The number of hydrogen-bond acceptors (Lipinski definition) is 3. The molecule has 0 amide bonds. The van der Waals surface area contributed by atoms with E-state index in [9.17, 15) is 4.79 Å². The highest BCUT2D eigenvalue weighted by molar-refractivity contribution is 5.71. The fourth-order valence-electron chi connectivity index (χ4n) is 1.74. The van der Waals surface area contributed by atoms with Gasteiger partial charge in [-0.05, 0) is 30.7 Å². The minimum Gasteiger partial charge on any atom is -0.438 e. The van der Waals surface area contributed by atoms with Crippen LogP contribution in [0.4, 0.5) is 5.88 Å². The average Bonchev–Trinajstić information content (AvgIpc) is 2.77. The first-order valence-electron chi connectivity index (χ1n) is 6.83. The quantitative estimate of drug-likeness (QED) is 0.655. The summed E-state index contributed by atoms with van der Waals surface area (Å²) in [6.45, 7) is 10.9. The molecule has 1 heterocycles. The first-order valence-corrected chi connectivity index (χ1v) is 6.83. The van der Waals surface area contributed by atoms with Gasteiger partial charge in [-0.15, -0.1) is 0 Å². The Morgan fingerprint density at radius 3 is 2.06 bits per heavy atom. The molecule has 1 aromatic rings. The molecule has 0 saturated heterocycles. The van der Waals surface area contributed by atoms with E-state index in [0.717, 1.165) is 38.1 Å². The van der Waals surface area contributed by atoms with E-state index in [1.54, 1.807) is 6.07 Å². The zero-order valence-corrected chi connectivity index (χ0v) is 12.0. The van der Waals surface area contributed by atoms with Gasteiger partial charge in [-0.25, -0.2) is 0 Å². The van der Waals surface area contributed by atoms with E-state index in [-0.39, 0.29) is 0 Å². The zero-order valence-electron chi connectivity index (χ0n) is 12.0. The van der Waals surface area contributed by atoms with E-state index in [4.69, 9.17) is 4.42 Å². The maximum atomic E-state index is 10.7. The van der Waals surface area contributed by atoms with E-state index in [2.05, 4.69) is 32.6 Å². The topological polar surface area (TPSA) is 33.5 Å². The largest absolute Gasteiger partial charge is 0.438 e. The summed E-state index contributed by atoms with van der Waals surface area (Å²) in [4.78, 5) is 12.9. The van der Waals surface area contributed by atoms with Gasteiger partial charge in [0.05, 0.1) is 0 Å². The number of aldehydes is 1. The Hall–Kier alpha value is -1.25. The molecule has 0 radical (unpaired) electrons. The van der Waals surface area contributed by atoms with Gasteiger partial charge in [-0.1, -0.05) is 27.7 Å². The van der Waals surface area contributed by atoms with Gasteiger partial charge in [0.2, 0.25) is 0 Å². The van der Waals surface area contributed by atoms with Gasteiger partial charge >= 0.3 is 0 Å². The molecule has 0 aromatic carbocycles. The number of nitrogens with zero attached hydrogens (tertiary/aromatic N) is 1. The molecule has 0 saturated carbocycles. The highest BCUT2D eigenvalue weighted by Crippen LogP contribution is 2.20. The summed E-state index contributed by atoms with van der Waals surface area (Å²) in [6, 6.07) is 3.63. The van der Waals surface area contributed by atoms with Crippen molar-refractivity contribution in [1.29, 1.82) is 0 Å². The molecule has 1 aromatic heterocycles. The molecule has 0 aliphatic heterocycles. The third kappa shape index (κ3) is 4.94. The van der Waals surface area contributed by atoms with Crippen LogP contribution in [-0.2, 0) is 0 Å². The van der Waals surface area contributed by atoms with E-state index < -0.39 is 0 Å². The molecule has 0 N–H and O–H groups in total. The summed E-state index contributed by atoms with van der Waals surface area (Å²) < 4.78 is 5.52. The molecule has 0 fully saturated rings. The van der Waals surface area contributed by atoms with E-state index >= 15 is 0 Å². The first kappa shape index (κ1) is 14.8. The second kappa shape index (κ2) is 7.24. The third-order valence-electron chi connectivity index (χ3n) is 2.99. The maximum absolute atomic E-state index is 10.7. The van der Waals surface area contributed by atoms with Crippen LogP contribution in [-0.4, -0.2) is 19.4 Å². The van der Waals surface area contributed by atoms with Crippen molar-refractivity contribution in [1.82, 2.24) is 0 Å². The summed E-state index contributed by atoms with van der Waals surface area (Å²) in [6.07, 6.45) is 3.02. The summed E-state index contributed by atoms with van der Waals surface area (Å²) in [5.74, 6) is 2.57. The Morgan fingerprint density at radius 2 is 1.67 bits per heavy atom. The van der Waals surface area contributed by atoms with Crippen molar-refractivity contribution in [3.63, 3.8) is 0 Å². The van der Waals surface area contributed by atoms with Crippen LogP contribution in [0.3, 0.4) is 0 Å². The summed E-state index contributed by atoms with van der Waals surface area (Å²) >= 11 is 0. The molecule has 18 heavy (non-hydrogen) atoms. The first-order chi connectivity index (χ1) is 8.52. The van der Waals surface area contributed by atoms with Crippen LogP contribution in [0, 0.1) is 11.8 Å². The smallest absolute Gasteiger partial charge is 0.196 e. The molecule has 0 atom stereocenters. The lowest BCUT2D eigenvalue weighted by Crippen LogP contribution is -2.27. The molecule has 3 nitrogen and oxygen atoms in total. The number of furan rings is 1. The lowest BCUT2D eigenvalue weighted by atomic mass is 10.1. The Morgan fingerprint density at radius 1 is 1.11 bits per heavy atom. The standard InChI is InChI=1S/C15H25NO2/c1-12(2)7-9-16(10-8-13(3)4)15-6-5-14(11-17)18-15/h5-6,11-13H,7-10H2,1-4H3. The molecule has 1 rings (SSSR count). The van der Waals surface area contributed by atoms with Crippen molar-refractivity contribution in [2.24, 2.45) is 11.8 Å². The van der Waals surface area contributed by atoms with Gasteiger partial charge < -0.3 is 9.32 Å². The van der Waals surface area contributed by atoms with Crippen LogP contribution in [0.15, 0.2) is 16.5 Å². The fraction of sp³-hybridized carbons (Fsp3) is 0.667. The third-order valence-corrected chi connectivity index (χ3v) is 2.99. The molecule has 0 spiro atoms. The summed E-state index contributed by atoms with van der Waals surface area (Å²) in [5, 5.41) is 0. The van der Waals surface area contributed by atoms with E-state index in [0.29, 0.717) is 17.6 Å². The van der Waals surface area contributed by atoms with Gasteiger partial charge in [0.25, 0.3) is 0 Å². The number of carbonyl (C=O) groups is 1. The van der Waals surface area contributed by atoms with E-state index in [1.165, 1.54) is 0 Å². The molecular weight excluding hydrogens is 226 g/mol. The van der Waals surface area contributed by atoms with Gasteiger partial charge in [-0.2, -0.15) is 0 Å². The van der Waals surface area contributed by atoms with Crippen LogP contribution in [0.1, 0.15) is 51.1 Å². The normalized spacial score (nSPS) is 11.2. The summed E-state index contributed by atoms with van der Waals surface area (Å²) in [7, 11) is 0. The second-order valence-electron chi connectivity index (χ2n) is 5.65. The molecule has 0 bridgehead atoms. The molecule has 102 valence electrons. The van der Waals surface area contributed by atoms with E-state index in [1.807, 2.05) is 6.07 Å². The van der Waals surface area contributed by atoms with Crippen molar-refractivity contribution >= 4 is 12.2 Å². The minimum atomic E-state index is 0.407. The molecule has 3 heteroatoms. The SMILES string of the molecule is CC(C)CCN(CCC(C)C)c1ccc(C=O)o1. The highest BCUT2D eigenvalue weighted by Gasteiger charge is 2.12. The monoisotopic (exact) mass is 251 g/mol. The molecule has 0 aliphatic carbocycles. The minimum absolute atomic E-state index is 0.407. The predicted molar refractivity (Wildman–Crippen MR) is 75.2 cm³/mol. The Bertz CT molecular complexity index is 343. The van der Waals surface area contributed by atoms with Crippen LogP contribution >= 0.6 is 0 Å². The second-order valence-corrected chi connectivity index (χ2v) is 5.65. The van der Waals surface area contributed by atoms with Gasteiger partial charge in [0, 0.05) is 19.2 Å². The predicted octanol–water partition coefficient (Wildman–Crippen LogP) is 3.99. The van der Waals surface area contributed by atoms with Gasteiger partial charge in [0.1, 0.15) is 0 Å². The van der Waals surface area contributed by atoms with Crippen molar-refractivity contribution in [2.75, 3.05) is 18.0 Å². The van der Waals surface area contributed by atoms with Crippen LogP contribution in [0.5, 0.6) is 0 Å². The Balaban J connectivity index is 2.65. The summed E-state index contributed by atoms with van der Waals surface area (Å²) in [5.41, 5.74) is 0. The highest BCUT2D eigenvalue weighted by atomic mass is 16.4. The van der Waals surface area contributed by atoms with Crippen molar-refractivity contribution in [2.45, 2.75) is 40.5 Å². The number of carbonyl (C=O) groups excluding carboxylic acids is 1. The molecule has 0 aliphatic rings. The fourth-order valence-corrected chi connectivity index (χ4v) is 1.74. The van der Waals surface area contributed by atoms with Crippen LogP contribution in [0.25, 0.3) is 0 Å². The molecule has 0 unspecified atom stereocenters. The van der Waals surface area contributed by atoms with Crippen molar-refractivity contribution in [3.8, 4) is 0 Å². The van der Waals surface area contributed by atoms with Crippen LogP contribution < -0.4 is 4.90 Å². The van der Waals surface area contributed by atoms with Crippen LogP contribution in [0.2, 0.25) is 0 Å². The maximum Gasteiger partial charge on any atom is 0.196 e. The number of rotatable bonds is 8. The Labute approximate surface area is 110 Å². The van der Waals surface area contributed by atoms with Crippen molar-refractivity contribution < 1.29 is 9.21 Å². The van der Waals surface area contributed by atoms with Gasteiger partial charge in [0.15, 0.2) is 17.9 Å². The Kier molecular flexibility index (Phi) is 5.96. The lowest BCUT2D eigenvalue weighted by molar-refractivity contribution is 0.110. The number of anilines is 1. The number of hydrogen-bond donors (Lipinski definition) is 0. The molecular formula is C15H25NO2. The zero-order chi connectivity index (χ0) is 13.5. The lowest BCUT2D eigenvalue weighted by Gasteiger charge is -2.23. The average molecular weight is 251 g/mol. The van der Waals surface area contributed by atoms with Gasteiger partial charge in [-0.3, -0.25) is 4.79 Å².